The number of aliphatic hydroxyl groups is 1. The zero-order valence-electron chi connectivity index (χ0n) is 11.1. The third kappa shape index (κ3) is 3.37. The van der Waals surface area contributed by atoms with Crippen molar-refractivity contribution in [3.63, 3.8) is 0 Å². The molecular weight excluding hydrogens is 279 g/mol. The van der Waals surface area contributed by atoms with E-state index >= 15 is 0 Å². The van der Waals surface area contributed by atoms with Crippen LogP contribution < -0.4 is 0 Å². The fraction of sp³-hybridized carbons (Fsp3) is 0.250. The van der Waals surface area contributed by atoms with Crippen molar-refractivity contribution in [1.29, 1.82) is 0 Å². The summed E-state index contributed by atoms with van der Waals surface area (Å²) >= 11 is 5.91. The molecule has 4 heteroatoms. The Labute approximate surface area is 122 Å². The summed E-state index contributed by atoms with van der Waals surface area (Å²) in [6.45, 7) is 0.421. The molecule has 0 saturated carbocycles. The number of methoxy groups -OCH3 is 1. The van der Waals surface area contributed by atoms with Crippen molar-refractivity contribution < 1.29 is 14.2 Å². The van der Waals surface area contributed by atoms with Crippen molar-refractivity contribution in [2.45, 2.75) is 19.1 Å². The van der Waals surface area contributed by atoms with Crippen LogP contribution in [0.3, 0.4) is 0 Å². The van der Waals surface area contributed by atoms with Gasteiger partial charge in [0, 0.05) is 13.5 Å². The molecule has 1 atom stereocenters. The fourth-order valence-electron chi connectivity index (χ4n) is 2.17. The first-order valence-electron chi connectivity index (χ1n) is 6.31. The molecule has 2 rings (SSSR count). The van der Waals surface area contributed by atoms with Gasteiger partial charge in [0.2, 0.25) is 0 Å². The van der Waals surface area contributed by atoms with Gasteiger partial charge in [0.1, 0.15) is 5.82 Å². The predicted molar refractivity (Wildman–Crippen MR) is 77.2 cm³/mol. The van der Waals surface area contributed by atoms with Gasteiger partial charge in [-0.15, -0.1) is 0 Å². The van der Waals surface area contributed by atoms with E-state index in [2.05, 4.69) is 0 Å². The molecule has 0 heterocycles. The molecule has 1 unspecified atom stereocenters. The minimum atomic E-state index is -0.749. The van der Waals surface area contributed by atoms with Crippen LogP contribution in [0.15, 0.2) is 42.5 Å². The van der Waals surface area contributed by atoms with E-state index in [-0.39, 0.29) is 11.4 Å². The lowest BCUT2D eigenvalue weighted by atomic mass is 9.97. The largest absolute Gasteiger partial charge is 0.388 e. The Morgan fingerprint density at radius 1 is 1.15 bits per heavy atom. The minimum Gasteiger partial charge on any atom is -0.388 e. The lowest BCUT2D eigenvalue weighted by molar-refractivity contribution is 0.161. The number of hydrogen-bond acceptors (Lipinski definition) is 2. The topological polar surface area (TPSA) is 29.5 Å². The zero-order valence-corrected chi connectivity index (χ0v) is 11.9. The third-order valence-corrected chi connectivity index (χ3v) is 3.58. The molecule has 0 aliphatic carbocycles. The van der Waals surface area contributed by atoms with Gasteiger partial charge in [0.05, 0.1) is 17.7 Å². The van der Waals surface area contributed by atoms with Crippen molar-refractivity contribution in [1.82, 2.24) is 0 Å². The second-order valence-electron chi connectivity index (χ2n) is 4.56. The van der Waals surface area contributed by atoms with Crippen LogP contribution in [-0.2, 0) is 17.8 Å². The van der Waals surface area contributed by atoms with Gasteiger partial charge in [-0.25, -0.2) is 4.39 Å². The maximum atomic E-state index is 13.4. The Balaban J connectivity index is 2.24. The first kappa shape index (κ1) is 15.0. The van der Waals surface area contributed by atoms with E-state index in [1.807, 2.05) is 24.3 Å². The maximum absolute atomic E-state index is 13.4. The molecule has 106 valence electrons. The van der Waals surface area contributed by atoms with E-state index in [0.29, 0.717) is 12.2 Å². The maximum Gasteiger partial charge on any atom is 0.142 e. The first-order chi connectivity index (χ1) is 9.63. The number of halogens is 2. The predicted octanol–water partition coefficient (Wildman–Crippen LogP) is 3.90. The van der Waals surface area contributed by atoms with Crippen LogP contribution >= 0.6 is 11.6 Å². The molecule has 0 aliphatic rings. The summed E-state index contributed by atoms with van der Waals surface area (Å²) in [5.74, 6) is -0.471. The van der Waals surface area contributed by atoms with Crippen molar-refractivity contribution in [2.75, 3.05) is 7.11 Å². The molecule has 0 fully saturated rings. The summed E-state index contributed by atoms with van der Waals surface area (Å²) in [6, 6.07) is 12.1. The van der Waals surface area contributed by atoms with Crippen LogP contribution in [0.5, 0.6) is 0 Å². The highest BCUT2D eigenvalue weighted by Crippen LogP contribution is 2.27. The Kier molecular flexibility index (Phi) is 5.12. The Morgan fingerprint density at radius 3 is 2.60 bits per heavy atom. The van der Waals surface area contributed by atoms with Crippen molar-refractivity contribution in [3.8, 4) is 0 Å². The standard InChI is InChI=1S/C16H16ClFO2/c1-20-10-12-5-2-3-7-13(12)15(19)9-11-6-4-8-14(18)16(11)17/h2-8,15,19H,9-10H2,1H3. The zero-order chi connectivity index (χ0) is 14.5. The van der Waals surface area contributed by atoms with Gasteiger partial charge in [0.15, 0.2) is 0 Å². The Morgan fingerprint density at radius 2 is 1.85 bits per heavy atom. The molecule has 0 radical (unpaired) electrons. The molecule has 0 spiro atoms. The van der Waals surface area contributed by atoms with Gasteiger partial charge in [-0.3, -0.25) is 0 Å². The lowest BCUT2D eigenvalue weighted by Crippen LogP contribution is -2.06. The molecule has 0 aliphatic heterocycles. The first-order valence-corrected chi connectivity index (χ1v) is 6.69. The number of ether oxygens (including phenoxy) is 1. The van der Waals surface area contributed by atoms with E-state index < -0.39 is 11.9 Å². The summed E-state index contributed by atoms with van der Waals surface area (Å²) in [5.41, 5.74) is 2.27. The molecule has 0 aromatic heterocycles. The number of benzene rings is 2. The van der Waals surface area contributed by atoms with Gasteiger partial charge < -0.3 is 9.84 Å². The summed E-state index contributed by atoms with van der Waals surface area (Å²) in [5, 5.41) is 10.4. The van der Waals surface area contributed by atoms with Crippen LogP contribution in [0.4, 0.5) is 4.39 Å². The number of hydrogen-bond donors (Lipinski definition) is 1. The summed E-state index contributed by atoms with van der Waals surface area (Å²) in [6.07, 6.45) is -0.488. The van der Waals surface area contributed by atoms with Crippen molar-refractivity contribution in [3.05, 3.63) is 70.0 Å². The number of rotatable bonds is 5. The highest BCUT2D eigenvalue weighted by atomic mass is 35.5. The van der Waals surface area contributed by atoms with Gasteiger partial charge in [-0.1, -0.05) is 48.0 Å². The van der Waals surface area contributed by atoms with Crippen LogP contribution in [-0.4, -0.2) is 12.2 Å². The normalized spacial score (nSPS) is 12.4. The molecule has 0 amide bonds. The number of aliphatic hydroxyl groups excluding tert-OH is 1. The fourth-order valence-corrected chi connectivity index (χ4v) is 2.37. The van der Waals surface area contributed by atoms with E-state index in [0.717, 1.165) is 11.1 Å². The molecule has 2 nitrogen and oxygen atoms in total. The average molecular weight is 295 g/mol. The quantitative estimate of drug-likeness (QED) is 0.906. The van der Waals surface area contributed by atoms with Crippen LogP contribution in [0, 0.1) is 5.82 Å². The summed E-state index contributed by atoms with van der Waals surface area (Å²) in [7, 11) is 1.60. The van der Waals surface area contributed by atoms with Crippen molar-refractivity contribution in [2.24, 2.45) is 0 Å². The molecule has 0 saturated heterocycles. The SMILES string of the molecule is COCc1ccccc1C(O)Cc1cccc(F)c1Cl. The van der Waals surface area contributed by atoms with Gasteiger partial charge >= 0.3 is 0 Å². The highest BCUT2D eigenvalue weighted by Gasteiger charge is 2.15. The molecular formula is C16H16ClFO2. The van der Waals surface area contributed by atoms with Crippen LogP contribution in [0.2, 0.25) is 5.02 Å². The van der Waals surface area contributed by atoms with Gasteiger partial charge in [-0.05, 0) is 22.8 Å². The third-order valence-electron chi connectivity index (χ3n) is 3.16. The second kappa shape index (κ2) is 6.84. The Hall–Kier alpha value is -1.42. The molecule has 20 heavy (non-hydrogen) atoms. The monoisotopic (exact) mass is 294 g/mol. The van der Waals surface area contributed by atoms with E-state index in [4.69, 9.17) is 16.3 Å². The highest BCUT2D eigenvalue weighted by molar-refractivity contribution is 6.31. The molecule has 2 aromatic carbocycles. The minimum absolute atomic E-state index is 0.0655. The summed E-state index contributed by atoms with van der Waals surface area (Å²) < 4.78 is 18.5. The smallest absolute Gasteiger partial charge is 0.142 e. The van der Waals surface area contributed by atoms with Crippen LogP contribution in [0.25, 0.3) is 0 Å². The van der Waals surface area contributed by atoms with E-state index in [1.165, 1.54) is 6.07 Å². The summed E-state index contributed by atoms with van der Waals surface area (Å²) in [4.78, 5) is 0. The van der Waals surface area contributed by atoms with Gasteiger partial charge in [-0.2, -0.15) is 0 Å². The molecule has 0 bridgehead atoms. The second-order valence-corrected chi connectivity index (χ2v) is 4.94. The van der Waals surface area contributed by atoms with E-state index in [9.17, 15) is 9.50 Å². The Bertz CT molecular complexity index is 586. The lowest BCUT2D eigenvalue weighted by Gasteiger charge is -2.16. The van der Waals surface area contributed by atoms with E-state index in [1.54, 1.807) is 19.2 Å². The molecule has 1 N–H and O–H groups in total. The average Bonchev–Trinajstić information content (AvgIpc) is 2.45. The van der Waals surface area contributed by atoms with Crippen LogP contribution in [0.1, 0.15) is 22.8 Å². The molecule has 2 aromatic rings. The van der Waals surface area contributed by atoms with Gasteiger partial charge in [0.25, 0.3) is 0 Å². The van der Waals surface area contributed by atoms with Crippen molar-refractivity contribution >= 4 is 11.6 Å².